The molecular formula is C20H21N5O4S. The number of hydrogen-bond acceptors (Lipinski definition) is 8. The molecule has 10 heteroatoms. The highest BCUT2D eigenvalue weighted by atomic mass is 32.1. The quantitative estimate of drug-likeness (QED) is 0.631. The van der Waals surface area contributed by atoms with Crippen LogP contribution in [0.1, 0.15) is 43.8 Å². The molecule has 0 bridgehead atoms. The summed E-state index contributed by atoms with van der Waals surface area (Å²) in [4.78, 5) is 35.8. The average molecular weight is 427 g/mol. The van der Waals surface area contributed by atoms with Crippen LogP contribution in [0.4, 0.5) is 0 Å². The Balaban J connectivity index is 1.47. The topological polar surface area (TPSA) is 102 Å². The largest absolute Gasteiger partial charge is 0.378 e. The van der Waals surface area contributed by atoms with E-state index in [0.29, 0.717) is 45.1 Å². The normalized spacial score (nSPS) is 19.6. The Labute approximate surface area is 176 Å². The van der Waals surface area contributed by atoms with Gasteiger partial charge in [0.05, 0.1) is 18.1 Å². The molecule has 9 nitrogen and oxygen atoms in total. The lowest BCUT2D eigenvalue weighted by atomic mass is 9.95. The number of morpholine rings is 1. The molecule has 2 saturated heterocycles. The molecule has 0 aliphatic carbocycles. The highest BCUT2D eigenvalue weighted by Crippen LogP contribution is 2.40. The van der Waals surface area contributed by atoms with E-state index in [1.165, 1.54) is 11.3 Å². The third kappa shape index (κ3) is 3.25. The van der Waals surface area contributed by atoms with E-state index in [-0.39, 0.29) is 23.4 Å². The number of likely N-dealkylation sites (tertiary alicyclic amines) is 1. The van der Waals surface area contributed by atoms with Crippen LogP contribution < -0.4 is 0 Å². The van der Waals surface area contributed by atoms with Gasteiger partial charge in [0, 0.05) is 43.7 Å². The van der Waals surface area contributed by atoms with Gasteiger partial charge in [0.15, 0.2) is 5.69 Å². The molecule has 30 heavy (non-hydrogen) atoms. The number of ether oxygens (including phenoxy) is 1. The number of thiophene rings is 1. The summed E-state index contributed by atoms with van der Waals surface area (Å²) in [6.45, 7) is 5.12. The van der Waals surface area contributed by atoms with Gasteiger partial charge >= 0.3 is 0 Å². The number of aryl methyl sites for hydroxylation is 1. The van der Waals surface area contributed by atoms with E-state index >= 15 is 0 Å². The van der Waals surface area contributed by atoms with Crippen LogP contribution in [0.15, 0.2) is 23.0 Å². The van der Waals surface area contributed by atoms with Gasteiger partial charge in [-0.15, -0.1) is 11.3 Å². The van der Waals surface area contributed by atoms with Gasteiger partial charge in [0.25, 0.3) is 11.8 Å². The second kappa shape index (κ2) is 7.77. The van der Waals surface area contributed by atoms with Crippen molar-refractivity contribution >= 4 is 33.4 Å². The maximum Gasteiger partial charge on any atom is 0.278 e. The van der Waals surface area contributed by atoms with Gasteiger partial charge in [-0.25, -0.2) is 9.61 Å². The van der Waals surface area contributed by atoms with Gasteiger partial charge in [-0.2, -0.15) is 0 Å². The van der Waals surface area contributed by atoms with E-state index in [4.69, 9.17) is 4.74 Å². The fourth-order valence-electron chi connectivity index (χ4n) is 4.18. The van der Waals surface area contributed by atoms with Crippen LogP contribution in [0.5, 0.6) is 0 Å². The van der Waals surface area contributed by atoms with Crippen LogP contribution in [-0.4, -0.2) is 76.3 Å². The van der Waals surface area contributed by atoms with Gasteiger partial charge < -0.3 is 14.5 Å². The Morgan fingerprint density at radius 2 is 1.97 bits per heavy atom. The maximum atomic E-state index is 13.3. The lowest BCUT2D eigenvalue weighted by Crippen LogP contribution is -2.40. The first-order valence-electron chi connectivity index (χ1n) is 9.96. The number of carbonyl (C=O) groups excluding carboxylic acids is 2. The van der Waals surface area contributed by atoms with E-state index in [1.807, 2.05) is 17.0 Å². The van der Waals surface area contributed by atoms with E-state index < -0.39 is 0 Å². The number of hydrogen-bond donors (Lipinski definition) is 0. The Hall–Kier alpha value is -2.85. The molecule has 1 atom stereocenters. The van der Waals surface area contributed by atoms with Crippen LogP contribution in [0.3, 0.4) is 0 Å². The molecule has 156 valence electrons. The molecule has 2 aliphatic rings. The summed E-state index contributed by atoms with van der Waals surface area (Å²) in [5.74, 6) is -0.0976. The molecule has 0 spiro atoms. The first-order chi connectivity index (χ1) is 14.6. The second-order valence-corrected chi connectivity index (χ2v) is 8.54. The van der Waals surface area contributed by atoms with E-state index in [2.05, 4.69) is 19.9 Å². The zero-order chi connectivity index (χ0) is 20.7. The number of nitrogens with zero attached hydrogens (tertiary/aromatic N) is 5. The Bertz CT molecular complexity index is 1100. The maximum absolute atomic E-state index is 13.3. The van der Waals surface area contributed by atoms with Gasteiger partial charge in [0.1, 0.15) is 10.5 Å². The summed E-state index contributed by atoms with van der Waals surface area (Å²) in [6.07, 6.45) is 2.52. The van der Waals surface area contributed by atoms with Crippen molar-refractivity contribution in [2.45, 2.75) is 19.3 Å². The molecule has 2 fully saturated rings. The Morgan fingerprint density at radius 1 is 1.13 bits per heavy atom. The minimum Gasteiger partial charge on any atom is -0.378 e. The Kier molecular flexibility index (Phi) is 4.95. The standard InChI is InChI=1S/C20H21N5O4S/c1-12-16(23-29-22-12)19(26)25-6-4-13(11-25)15-14-3-2-5-21-18(14)30-17(15)20(27)24-7-9-28-10-8-24/h2-3,5,13H,4,6-11H2,1H3/t13-/m0/s1. The first kappa shape index (κ1) is 19.1. The van der Waals surface area contributed by atoms with Crippen molar-refractivity contribution in [3.05, 3.63) is 40.2 Å². The van der Waals surface area contributed by atoms with Gasteiger partial charge in [-0.05, 0) is 30.1 Å². The summed E-state index contributed by atoms with van der Waals surface area (Å²) >= 11 is 1.44. The number of amides is 2. The van der Waals surface area contributed by atoms with Crippen LogP contribution in [0.25, 0.3) is 10.2 Å². The van der Waals surface area contributed by atoms with Crippen LogP contribution in [-0.2, 0) is 4.74 Å². The molecule has 0 aromatic carbocycles. The molecule has 2 amide bonds. The van der Waals surface area contributed by atoms with Crippen molar-refractivity contribution in [2.24, 2.45) is 0 Å². The van der Waals surface area contributed by atoms with E-state index in [1.54, 1.807) is 18.0 Å². The van der Waals surface area contributed by atoms with Crippen molar-refractivity contribution in [1.82, 2.24) is 25.1 Å². The molecule has 0 N–H and O–H groups in total. The number of fused-ring (bicyclic) bond motifs is 1. The van der Waals surface area contributed by atoms with Crippen molar-refractivity contribution in [2.75, 3.05) is 39.4 Å². The average Bonchev–Trinajstić information content (AvgIpc) is 3.51. The zero-order valence-corrected chi connectivity index (χ0v) is 17.4. The van der Waals surface area contributed by atoms with Crippen molar-refractivity contribution in [3.63, 3.8) is 0 Å². The van der Waals surface area contributed by atoms with Crippen molar-refractivity contribution in [1.29, 1.82) is 0 Å². The predicted octanol–water partition coefficient (Wildman–Crippen LogP) is 2.09. The highest BCUT2D eigenvalue weighted by molar-refractivity contribution is 7.20. The fourth-order valence-corrected chi connectivity index (χ4v) is 5.38. The fraction of sp³-hybridized carbons (Fsp3) is 0.450. The number of carbonyl (C=O) groups is 2. The molecule has 3 aromatic rings. The van der Waals surface area contributed by atoms with Crippen molar-refractivity contribution in [3.8, 4) is 0 Å². The molecule has 2 aliphatic heterocycles. The smallest absolute Gasteiger partial charge is 0.278 e. The molecule has 0 radical (unpaired) electrons. The molecule has 5 heterocycles. The van der Waals surface area contributed by atoms with Crippen LogP contribution in [0, 0.1) is 6.92 Å². The molecular weight excluding hydrogens is 406 g/mol. The lowest BCUT2D eigenvalue weighted by molar-refractivity contribution is 0.0305. The lowest BCUT2D eigenvalue weighted by Gasteiger charge is -2.27. The summed E-state index contributed by atoms with van der Waals surface area (Å²) in [6, 6.07) is 3.91. The van der Waals surface area contributed by atoms with Crippen LogP contribution in [0.2, 0.25) is 0 Å². The number of rotatable bonds is 3. The Morgan fingerprint density at radius 3 is 2.73 bits per heavy atom. The monoisotopic (exact) mass is 427 g/mol. The van der Waals surface area contributed by atoms with E-state index in [9.17, 15) is 9.59 Å². The SMILES string of the molecule is Cc1nonc1C(=O)N1CC[C@H](c2c(C(=O)N3CCOCC3)sc3ncccc23)C1. The number of pyridine rings is 1. The van der Waals surface area contributed by atoms with Gasteiger partial charge in [0.2, 0.25) is 0 Å². The highest BCUT2D eigenvalue weighted by Gasteiger charge is 2.35. The number of aromatic nitrogens is 3. The van der Waals surface area contributed by atoms with Gasteiger partial charge in [-0.3, -0.25) is 9.59 Å². The van der Waals surface area contributed by atoms with Gasteiger partial charge in [-0.1, -0.05) is 11.2 Å². The molecule has 3 aromatic heterocycles. The molecule has 0 unspecified atom stereocenters. The summed E-state index contributed by atoms with van der Waals surface area (Å²) in [7, 11) is 0. The third-order valence-electron chi connectivity index (χ3n) is 5.74. The molecule has 5 rings (SSSR count). The van der Waals surface area contributed by atoms with Crippen LogP contribution >= 0.6 is 11.3 Å². The second-order valence-electron chi connectivity index (χ2n) is 7.54. The summed E-state index contributed by atoms with van der Waals surface area (Å²) < 4.78 is 10.1. The summed E-state index contributed by atoms with van der Waals surface area (Å²) in [5, 5.41) is 8.45. The summed E-state index contributed by atoms with van der Waals surface area (Å²) in [5.41, 5.74) is 1.74. The third-order valence-corrected chi connectivity index (χ3v) is 6.85. The minimum absolute atomic E-state index is 0.0256. The van der Waals surface area contributed by atoms with Crippen molar-refractivity contribution < 1.29 is 19.0 Å². The zero-order valence-electron chi connectivity index (χ0n) is 16.5. The minimum atomic E-state index is -0.185. The van der Waals surface area contributed by atoms with E-state index in [0.717, 1.165) is 27.1 Å². The predicted molar refractivity (Wildman–Crippen MR) is 109 cm³/mol. The molecule has 0 saturated carbocycles. The first-order valence-corrected chi connectivity index (χ1v) is 10.8.